The van der Waals surface area contributed by atoms with Crippen LogP contribution >= 0.6 is 0 Å². The molecule has 0 aliphatic carbocycles. The van der Waals surface area contributed by atoms with Gasteiger partial charge in [-0.25, -0.2) is 4.79 Å². The number of hydrogen-bond acceptors (Lipinski definition) is 5. The van der Waals surface area contributed by atoms with Crippen LogP contribution < -0.4 is 15.1 Å². The Bertz CT molecular complexity index is 1080. The first-order chi connectivity index (χ1) is 14.8. The molecule has 2 aliphatic rings. The van der Waals surface area contributed by atoms with Gasteiger partial charge in [-0.2, -0.15) is 0 Å². The number of carbonyl (C=O) groups is 4. The molecule has 0 spiro atoms. The summed E-state index contributed by atoms with van der Waals surface area (Å²) in [7, 11) is 0. The van der Waals surface area contributed by atoms with Crippen LogP contribution in [-0.2, 0) is 19.1 Å². The fraction of sp³-hybridized carbons (Fsp3) is 0.304. The summed E-state index contributed by atoms with van der Waals surface area (Å²) < 4.78 is 5.27. The molecule has 1 N–H and O–H groups in total. The molecule has 8 nitrogen and oxygen atoms in total. The summed E-state index contributed by atoms with van der Waals surface area (Å²) in [5.41, 5.74) is 0.803. The molecule has 1 fully saturated rings. The van der Waals surface area contributed by atoms with Gasteiger partial charge in [0.1, 0.15) is 5.54 Å². The smallest absolute Gasteiger partial charge is 0.338 e. The molecule has 0 atom stereocenters. The van der Waals surface area contributed by atoms with Crippen LogP contribution in [0.4, 0.5) is 17.1 Å². The van der Waals surface area contributed by atoms with Crippen molar-refractivity contribution in [2.45, 2.75) is 32.2 Å². The lowest BCUT2D eigenvalue weighted by molar-refractivity contribution is -0.128. The zero-order chi connectivity index (χ0) is 22.2. The van der Waals surface area contributed by atoms with Crippen LogP contribution in [0, 0.1) is 0 Å². The summed E-state index contributed by atoms with van der Waals surface area (Å²) in [6.45, 7) is 3.36. The number of nitrogens with zero attached hydrogens (tertiary/aromatic N) is 2. The van der Waals surface area contributed by atoms with E-state index in [4.69, 9.17) is 4.74 Å². The summed E-state index contributed by atoms with van der Waals surface area (Å²) in [5, 5.41) is 2.79. The molecule has 2 aliphatic heterocycles. The van der Waals surface area contributed by atoms with Gasteiger partial charge in [0.15, 0.2) is 6.61 Å². The van der Waals surface area contributed by atoms with E-state index >= 15 is 0 Å². The SMILES string of the molecule is CC1(C)C(=O)Nc2ccccc2N1C(=O)COC(=O)c1cccc(N2CCCC2=O)c1. The summed E-state index contributed by atoms with van der Waals surface area (Å²) in [5.74, 6) is -1.49. The molecule has 1 saturated heterocycles. The van der Waals surface area contributed by atoms with E-state index in [0.717, 1.165) is 6.42 Å². The number of nitrogens with one attached hydrogen (secondary N) is 1. The highest BCUT2D eigenvalue weighted by molar-refractivity contribution is 6.14. The number of rotatable bonds is 4. The third kappa shape index (κ3) is 3.76. The fourth-order valence-corrected chi connectivity index (χ4v) is 3.90. The predicted molar refractivity (Wildman–Crippen MR) is 115 cm³/mol. The highest BCUT2D eigenvalue weighted by Gasteiger charge is 2.43. The molecule has 0 radical (unpaired) electrons. The first-order valence-corrected chi connectivity index (χ1v) is 10.1. The van der Waals surface area contributed by atoms with Gasteiger partial charge >= 0.3 is 5.97 Å². The van der Waals surface area contributed by atoms with Gasteiger partial charge in [0.05, 0.1) is 16.9 Å². The van der Waals surface area contributed by atoms with Gasteiger partial charge in [-0.05, 0) is 50.6 Å². The molecular weight excluding hydrogens is 398 g/mol. The quantitative estimate of drug-likeness (QED) is 0.766. The third-order valence-corrected chi connectivity index (χ3v) is 5.55. The lowest BCUT2D eigenvalue weighted by Gasteiger charge is -2.41. The second kappa shape index (κ2) is 7.86. The number of para-hydroxylation sites is 2. The van der Waals surface area contributed by atoms with Crippen LogP contribution in [0.3, 0.4) is 0 Å². The number of esters is 1. The molecule has 2 aromatic carbocycles. The van der Waals surface area contributed by atoms with Crippen molar-refractivity contribution in [3.8, 4) is 0 Å². The van der Waals surface area contributed by atoms with Gasteiger partial charge in [-0.3, -0.25) is 19.3 Å². The Balaban J connectivity index is 1.49. The lowest BCUT2D eigenvalue weighted by Crippen LogP contribution is -2.59. The summed E-state index contributed by atoms with van der Waals surface area (Å²) >= 11 is 0. The number of anilines is 3. The molecule has 160 valence electrons. The Labute approximate surface area is 179 Å². The summed E-state index contributed by atoms with van der Waals surface area (Å²) in [6, 6.07) is 13.6. The normalized spacial score (nSPS) is 17.2. The largest absolute Gasteiger partial charge is 0.452 e. The van der Waals surface area contributed by atoms with E-state index in [1.807, 2.05) is 0 Å². The standard InChI is InChI=1S/C23H23N3O5/c1-23(2)22(30)24-17-9-3-4-10-18(17)26(23)20(28)14-31-21(29)15-7-5-8-16(13-15)25-12-6-11-19(25)27/h3-5,7-10,13H,6,11-12,14H2,1-2H3,(H,24,30). The van der Waals surface area contributed by atoms with Crippen molar-refractivity contribution in [3.05, 3.63) is 54.1 Å². The van der Waals surface area contributed by atoms with Gasteiger partial charge in [0.2, 0.25) is 11.8 Å². The highest BCUT2D eigenvalue weighted by Crippen LogP contribution is 2.36. The number of benzene rings is 2. The Morgan fingerprint density at radius 3 is 2.61 bits per heavy atom. The van der Waals surface area contributed by atoms with Crippen molar-refractivity contribution in [2.75, 3.05) is 28.3 Å². The Morgan fingerprint density at radius 1 is 1.10 bits per heavy atom. The molecule has 2 aromatic rings. The van der Waals surface area contributed by atoms with Crippen molar-refractivity contribution < 1.29 is 23.9 Å². The van der Waals surface area contributed by atoms with Crippen LogP contribution in [0.2, 0.25) is 0 Å². The molecule has 3 amide bonds. The van der Waals surface area contributed by atoms with Crippen LogP contribution in [0.25, 0.3) is 0 Å². The fourth-order valence-electron chi connectivity index (χ4n) is 3.90. The van der Waals surface area contributed by atoms with Crippen molar-refractivity contribution in [1.82, 2.24) is 0 Å². The average molecular weight is 421 g/mol. The second-order valence-electron chi connectivity index (χ2n) is 8.03. The van der Waals surface area contributed by atoms with E-state index in [-0.39, 0.29) is 17.4 Å². The first-order valence-electron chi connectivity index (χ1n) is 10.1. The van der Waals surface area contributed by atoms with Gasteiger partial charge < -0.3 is 15.0 Å². The zero-order valence-corrected chi connectivity index (χ0v) is 17.4. The topological polar surface area (TPSA) is 96.0 Å². The van der Waals surface area contributed by atoms with Crippen LogP contribution in [0.5, 0.6) is 0 Å². The maximum atomic E-state index is 13.0. The Morgan fingerprint density at radius 2 is 1.87 bits per heavy atom. The monoisotopic (exact) mass is 421 g/mol. The van der Waals surface area contributed by atoms with Crippen LogP contribution in [0.15, 0.2) is 48.5 Å². The lowest BCUT2D eigenvalue weighted by atomic mass is 9.96. The maximum Gasteiger partial charge on any atom is 0.338 e. The molecule has 0 unspecified atom stereocenters. The third-order valence-electron chi connectivity index (χ3n) is 5.55. The molecule has 0 saturated carbocycles. The van der Waals surface area contributed by atoms with Crippen molar-refractivity contribution in [2.24, 2.45) is 0 Å². The van der Waals surface area contributed by atoms with Crippen molar-refractivity contribution in [1.29, 1.82) is 0 Å². The van der Waals surface area contributed by atoms with Crippen molar-refractivity contribution >= 4 is 40.8 Å². The number of ether oxygens (including phenoxy) is 1. The van der Waals surface area contributed by atoms with Gasteiger partial charge in [-0.15, -0.1) is 0 Å². The maximum absolute atomic E-state index is 13.0. The number of fused-ring (bicyclic) bond motifs is 1. The second-order valence-corrected chi connectivity index (χ2v) is 8.03. The summed E-state index contributed by atoms with van der Waals surface area (Å²) in [6.07, 6.45) is 1.27. The molecule has 31 heavy (non-hydrogen) atoms. The van der Waals surface area contributed by atoms with E-state index in [1.54, 1.807) is 67.3 Å². The van der Waals surface area contributed by atoms with Crippen LogP contribution in [-0.4, -0.2) is 42.4 Å². The number of carbonyl (C=O) groups excluding carboxylic acids is 4. The predicted octanol–water partition coefficient (Wildman–Crippen LogP) is 2.73. The highest BCUT2D eigenvalue weighted by atomic mass is 16.5. The molecule has 2 heterocycles. The zero-order valence-electron chi connectivity index (χ0n) is 17.4. The summed E-state index contributed by atoms with van der Waals surface area (Å²) in [4.78, 5) is 53.0. The minimum absolute atomic E-state index is 0.0185. The van der Waals surface area contributed by atoms with Gasteiger partial charge in [-0.1, -0.05) is 18.2 Å². The molecule has 8 heteroatoms. The van der Waals surface area contributed by atoms with Crippen molar-refractivity contribution in [3.63, 3.8) is 0 Å². The Hall–Kier alpha value is -3.68. The first kappa shape index (κ1) is 20.6. The molecule has 0 bridgehead atoms. The minimum Gasteiger partial charge on any atom is -0.452 e. The van der Waals surface area contributed by atoms with Gasteiger partial charge in [0.25, 0.3) is 5.91 Å². The molecule has 4 rings (SSSR count). The number of hydrogen-bond donors (Lipinski definition) is 1. The average Bonchev–Trinajstić information content (AvgIpc) is 3.18. The molecular formula is C23H23N3O5. The number of amides is 3. The minimum atomic E-state index is -1.14. The Kier molecular flexibility index (Phi) is 5.22. The van der Waals surface area contributed by atoms with E-state index in [0.29, 0.717) is 30.0 Å². The van der Waals surface area contributed by atoms with E-state index in [9.17, 15) is 19.2 Å². The molecule has 0 aromatic heterocycles. The van der Waals surface area contributed by atoms with Crippen LogP contribution in [0.1, 0.15) is 37.0 Å². The van der Waals surface area contributed by atoms with E-state index in [2.05, 4.69) is 5.32 Å². The van der Waals surface area contributed by atoms with Gasteiger partial charge in [0, 0.05) is 18.7 Å². The van der Waals surface area contributed by atoms with E-state index in [1.165, 1.54) is 4.90 Å². The van der Waals surface area contributed by atoms with E-state index < -0.39 is 24.0 Å².